The summed E-state index contributed by atoms with van der Waals surface area (Å²) in [5.74, 6) is 0.0933. The average molecular weight is 178 g/mol. The molecule has 2 rings (SSSR count). The molecule has 0 spiro atoms. The maximum Gasteiger partial charge on any atom is 0.242 e. The second kappa shape index (κ2) is 3.38. The molecule has 0 saturated carbocycles. The normalized spacial score (nSPS) is 17.5. The summed E-state index contributed by atoms with van der Waals surface area (Å²) in [6.07, 6.45) is 4.77. The van der Waals surface area contributed by atoms with Gasteiger partial charge in [0.2, 0.25) is 5.91 Å². The second-order valence-corrected chi connectivity index (χ2v) is 2.88. The minimum Gasteiger partial charge on any atom is -0.277 e. The molecule has 13 heavy (non-hydrogen) atoms. The molecule has 0 atom stereocenters. The van der Waals surface area contributed by atoms with Crippen LogP contribution < -0.4 is 0 Å². The van der Waals surface area contributed by atoms with Crippen LogP contribution in [0.25, 0.3) is 0 Å². The molecule has 0 aliphatic carbocycles. The lowest BCUT2D eigenvalue weighted by molar-refractivity contribution is -0.127. The Morgan fingerprint density at radius 2 is 2.62 bits per heavy atom. The van der Waals surface area contributed by atoms with E-state index >= 15 is 0 Å². The number of H-pyrrole nitrogens is 1. The van der Waals surface area contributed by atoms with Crippen LogP contribution in [0.5, 0.6) is 0 Å². The third-order valence-corrected chi connectivity index (χ3v) is 1.91. The maximum absolute atomic E-state index is 11.1. The summed E-state index contributed by atoms with van der Waals surface area (Å²) < 4.78 is 0. The lowest BCUT2D eigenvalue weighted by atomic mass is 10.4. The first-order valence-corrected chi connectivity index (χ1v) is 4.20. The van der Waals surface area contributed by atoms with Gasteiger partial charge in [-0.2, -0.15) is 10.2 Å². The fourth-order valence-electron chi connectivity index (χ4n) is 1.23. The Balaban J connectivity index is 2.01. The van der Waals surface area contributed by atoms with Gasteiger partial charge in [-0.3, -0.25) is 9.89 Å². The molecule has 1 N–H and O–H groups in total. The number of hydrazone groups is 1. The van der Waals surface area contributed by atoms with Crippen molar-refractivity contribution in [3.8, 4) is 0 Å². The molecule has 1 saturated heterocycles. The maximum atomic E-state index is 11.1. The predicted molar refractivity (Wildman–Crippen MR) is 47.1 cm³/mol. The van der Waals surface area contributed by atoms with Crippen molar-refractivity contribution in [3.05, 3.63) is 18.0 Å². The van der Waals surface area contributed by atoms with Gasteiger partial charge in [-0.15, -0.1) is 0 Å². The number of hydrogen-bond donors (Lipinski definition) is 1. The Morgan fingerprint density at radius 3 is 3.23 bits per heavy atom. The van der Waals surface area contributed by atoms with Gasteiger partial charge in [0, 0.05) is 19.2 Å². The molecule has 1 aliphatic rings. The Labute approximate surface area is 75.4 Å². The number of aromatic nitrogens is 2. The topological polar surface area (TPSA) is 61.4 Å². The molecule has 5 heteroatoms. The van der Waals surface area contributed by atoms with E-state index in [4.69, 9.17) is 0 Å². The Hall–Kier alpha value is -1.65. The fraction of sp³-hybridized carbons (Fsp3) is 0.375. The van der Waals surface area contributed by atoms with Crippen molar-refractivity contribution in [1.29, 1.82) is 0 Å². The smallest absolute Gasteiger partial charge is 0.242 e. The van der Waals surface area contributed by atoms with Gasteiger partial charge in [0.25, 0.3) is 0 Å². The number of hydrogen-bond acceptors (Lipinski definition) is 3. The predicted octanol–water partition coefficient (Wildman–Crippen LogP) is 0.366. The van der Waals surface area contributed by atoms with Crippen LogP contribution in [0.1, 0.15) is 18.5 Å². The standard InChI is InChI=1S/C8H10N4O/c13-8-2-1-5-12(8)10-6-7-3-4-9-11-7/h3-4,6H,1-2,5H2,(H,9,11)/b10-6+. The summed E-state index contributed by atoms with van der Waals surface area (Å²) in [4.78, 5) is 11.1. The highest BCUT2D eigenvalue weighted by molar-refractivity contribution is 5.81. The quantitative estimate of drug-likeness (QED) is 0.665. The molecule has 1 aromatic rings. The highest BCUT2D eigenvalue weighted by Crippen LogP contribution is 2.09. The first kappa shape index (κ1) is 7.97. The van der Waals surface area contributed by atoms with Gasteiger partial charge in [-0.25, -0.2) is 5.01 Å². The minimum absolute atomic E-state index is 0.0933. The lowest BCUT2D eigenvalue weighted by Crippen LogP contribution is -2.17. The number of carbonyl (C=O) groups is 1. The van der Waals surface area contributed by atoms with Crippen molar-refractivity contribution in [2.45, 2.75) is 12.8 Å². The number of aromatic amines is 1. The van der Waals surface area contributed by atoms with Gasteiger partial charge in [0.05, 0.1) is 11.9 Å². The van der Waals surface area contributed by atoms with Gasteiger partial charge in [-0.1, -0.05) is 0 Å². The van der Waals surface area contributed by atoms with Crippen LogP contribution in [0.4, 0.5) is 0 Å². The van der Waals surface area contributed by atoms with E-state index in [9.17, 15) is 4.79 Å². The lowest BCUT2D eigenvalue weighted by Gasteiger charge is -2.05. The van der Waals surface area contributed by atoms with E-state index in [1.54, 1.807) is 18.5 Å². The third-order valence-electron chi connectivity index (χ3n) is 1.91. The zero-order valence-electron chi connectivity index (χ0n) is 7.10. The average Bonchev–Trinajstić information content (AvgIpc) is 2.72. The summed E-state index contributed by atoms with van der Waals surface area (Å²) >= 11 is 0. The highest BCUT2D eigenvalue weighted by Gasteiger charge is 2.18. The van der Waals surface area contributed by atoms with Crippen LogP contribution in [0, 0.1) is 0 Å². The number of rotatable bonds is 2. The number of nitrogens with zero attached hydrogens (tertiary/aromatic N) is 3. The Kier molecular flexibility index (Phi) is 2.08. The molecule has 5 nitrogen and oxygen atoms in total. The van der Waals surface area contributed by atoms with Gasteiger partial charge in [-0.05, 0) is 12.5 Å². The van der Waals surface area contributed by atoms with E-state index in [2.05, 4.69) is 15.3 Å². The summed E-state index contributed by atoms with van der Waals surface area (Å²) in [5, 5.41) is 12.0. The zero-order chi connectivity index (χ0) is 9.10. The van der Waals surface area contributed by atoms with Crippen molar-refractivity contribution in [2.75, 3.05) is 6.54 Å². The molecule has 0 aromatic carbocycles. The third kappa shape index (κ3) is 1.74. The molecule has 1 amide bonds. The minimum atomic E-state index is 0.0933. The van der Waals surface area contributed by atoms with E-state index in [0.29, 0.717) is 6.42 Å². The van der Waals surface area contributed by atoms with Gasteiger partial charge >= 0.3 is 0 Å². The summed E-state index contributed by atoms with van der Waals surface area (Å²) in [6, 6.07) is 1.80. The van der Waals surface area contributed by atoms with E-state index < -0.39 is 0 Å². The molecule has 0 radical (unpaired) electrons. The van der Waals surface area contributed by atoms with Crippen LogP contribution in [0.15, 0.2) is 17.4 Å². The van der Waals surface area contributed by atoms with Crippen molar-refractivity contribution < 1.29 is 4.79 Å². The SMILES string of the molecule is O=C1CCCN1/N=C/c1ccn[nH]1. The molecular formula is C8H10N4O. The van der Waals surface area contributed by atoms with Crippen molar-refractivity contribution in [3.63, 3.8) is 0 Å². The van der Waals surface area contributed by atoms with E-state index in [1.165, 1.54) is 5.01 Å². The number of nitrogens with one attached hydrogen (secondary N) is 1. The van der Waals surface area contributed by atoms with Gasteiger partial charge < -0.3 is 0 Å². The fourth-order valence-corrected chi connectivity index (χ4v) is 1.23. The van der Waals surface area contributed by atoms with E-state index in [0.717, 1.165) is 18.7 Å². The molecule has 0 bridgehead atoms. The summed E-state index contributed by atoms with van der Waals surface area (Å²) in [5.41, 5.74) is 0.805. The molecule has 2 heterocycles. The van der Waals surface area contributed by atoms with Crippen molar-refractivity contribution in [2.24, 2.45) is 5.10 Å². The zero-order valence-corrected chi connectivity index (χ0v) is 7.10. The number of amides is 1. The molecule has 1 aromatic heterocycles. The first-order chi connectivity index (χ1) is 6.36. The molecule has 68 valence electrons. The number of carbonyl (C=O) groups excluding carboxylic acids is 1. The highest BCUT2D eigenvalue weighted by atomic mass is 16.2. The van der Waals surface area contributed by atoms with E-state index in [1.807, 2.05) is 0 Å². The van der Waals surface area contributed by atoms with Crippen LogP contribution >= 0.6 is 0 Å². The van der Waals surface area contributed by atoms with E-state index in [-0.39, 0.29) is 5.91 Å². The molecule has 1 fully saturated rings. The summed E-state index contributed by atoms with van der Waals surface area (Å²) in [6.45, 7) is 0.726. The molecule has 1 aliphatic heterocycles. The Morgan fingerprint density at radius 1 is 1.69 bits per heavy atom. The van der Waals surface area contributed by atoms with Gasteiger partial charge in [0.1, 0.15) is 0 Å². The molecular weight excluding hydrogens is 168 g/mol. The van der Waals surface area contributed by atoms with Crippen LogP contribution in [0.3, 0.4) is 0 Å². The monoisotopic (exact) mass is 178 g/mol. The van der Waals surface area contributed by atoms with Gasteiger partial charge in [0.15, 0.2) is 0 Å². The Bertz CT molecular complexity index is 317. The molecule has 0 unspecified atom stereocenters. The second-order valence-electron chi connectivity index (χ2n) is 2.88. The summed E-state index contributed by atoms with van der Waals surface area (Å²) in [7, 11) is 0. The first-order valence-electron chi connectivity index (χ1n) is 4.20. The van der Waals surface area contributed by atoms with Crippen LogP contribution in [-0.4, -0.2) is 33.9 Å². The van der Waals surface area contributed by atoms with Crippen molar-refractivity contribution >= 4 is 12.1 Å². The van der Waals surface area contributed by atoms with Crippen LogP contribution in [0.2, 0.25) is 0 Å². The van der Waals surface area contributed by atoms with Crippen LogP contribution in [-0.2, 0) is 4.79 Å². The van der Waals surface area contributed by atoms with Crippen molar-refractivity contribution in [1.82, 2.24) is 15.2 Å². The largest absolute Gasteiger partial charge is 0.277 e.